The van der Waals surface area contributed by atoms with Crippen molar-refractivity contribution in [3.63, 3.8) is 0 Å². The Bertz CT molecular complexity index is 384. The van der Waals surface area contributed by atoms with E-state index < -0.39 is 5.97 Å². The molecule has 1 heterocycles. The third kappa shape index (κ3) is 9.94. The second-order valence-corrected chi connectivity index (χ2v) is 4.30. The van der Waals surface area contributed by atoms with Crippen LogP contribution >= 0.6 is 0 Å². The summed E-state index contributed by atoms with van der Waals surface area (Å²) in [5, 5.41) is 17.9. The fraction of sp³-hybridized carbons (Fsp3) is 0.667. The summed E-state index contributed by atoms with van der Waals surface area (Å²) in [5.74, 6) is -0.853. The van der Waals surface area contributed by atoms with Gasteiger partial charge in [0.2, 0.25) is 0 Å². The predicted molar refractivity (Wildman–Crippen MR) is 73.7 cm³/mol. The van der Waals surface area contributed by atoms with Crippen LogP contribution in [0, 0.1) is 0 Å². The summed E-state index contributed by atoms with van der Waals surface area (Å²) in [7, 11) is 0. The molecule has 0 aliphatic carbocycles. The molecule has 0 fully saturated rings. The number of rotatable bonds is 10. The Morgan fingerprint density at radius 3 is 2.25 bits per heavy atom. The zero-order chi connectivity index (χ0) is 13.9. The van der Waals surface area contributed by atoms with Gasteiger partial charge in [0.1, 0.15) is 0 Å². The van der Waals surface area contributed by atoms with Crippen LogP contribution in [0.1, 0.15) is 51.4 Å². The van der Waals surface area contributed by atoms with Gasteiger partial charge in [-0.25, -0.2) is 0 Å². The summed E-state index contributed by atoms with van der Waals surface area (Å²) in [4.78, 5) is 21.6. The van der Waals surface area contributed by atoms with E-state index in [0.717, 1.165) is 38.5 Å². The number of carboxylic acids is 1. The molecule has 0 amide bonds. The molecular weight excluding hydrogens is 273 g/mol. The SMILES string of the molecule is O=C(O)CCCCCCCCC(=O)Oc1c[nH]nn1.[NaH]. The Morgan fingerprint density at radius 2 is 1.70 bits per heavy atom. The molecule has 0 aromatic carbocycles. The molecule has 7 nitrogen and oxygen atoms in total. The molecular formula is C12H20N3NaO4. The van der Waals surface area contributed by atoms with E-state index in [0.29, 0.717) is 6.42 Å². The standard InChI is InChI=1S/C12H19N3O4.Na.H/c16-11(17)7-5-3-1-2-4-6-8-12(18)19-10-9-13-15-14-10;;/h9H,1-8H2,(H,16,17)(H,13,14,15);;. The molecule has 1 aromatic heterocycles. The van der Waals surface area contributed by atoms with E-state index in [4.69, 9.17) is 9.84 Å². The minimum atomic E-state index is -0.740. The van der Waals surface area contributed by atoms with Crippen molar-refractivity contribution in [1.82, 2.24) is 15.4 Å². The molecule has 0 aliphatic rings. The molecule has 2 N–H and O–H groups in total. The van der Waals surface area contributed by atoms with Crippen LogP contribution in [0.5, 0.6) is 5.88 Å². The monoisotopic (exact) mass is 293 g/mol. The van der Waals surface area contributed by atoms with E-state index >= 15 is 0 Å². The number of aromatic nitrogens is 3. The van der Waals surface area contributed by atoms with Gasteiger partial charge < -0.3 is 9.84 Å². The molecule has 1 rings (SSSR count). The quantitative estimate of drug-likeness (QED) is 0.382. The fourth-order valence-corrected chi connectivity index (χ4v) is 1.66. The molecule has 0 atom stereocenters. The summed E-state index contributed by atoms with van der Waals surface area (Å²) in [6.07, 6.45) is 7.41. The van der Waals surface area contributed by atoms with Crippen molar-refractivity contribution in [3.05, 3.63) is 6.20 Å². The summed E-state index contributed by atoms with van der Waals surface area (Å²) in [6.45, 7) is 0. The Morgan fingerprint density at radius 1 is 1.10 bits per heavy atom. The average Bonchev–Trinajstić information content (AvgIpc) is 2.85. The van der Waals surface area contributed by atoms with Crippen LogP contribution in [0.2, 0.25) is 0 Å². The van der Waals surface area contributed by atoms with E-state index in [1.165, 1.54) is 6.20 Å². The van der Waals surface area contributed by atoms with E-state index in [9.17, 15) is 9.59 Å². The van der Waals surface area contributed by atoms with E-state index in [1.54, 1.807) is 0 Å². The van der Waals surface area contributed by atoms with Gasteiger partial charge in [-0.2, -0.15) is 0 Å². The van der Waals surface area contributed by atoms with Gasteiger partial charge in [-0.1, -0.05) is 36.0 Å². The molecule has 0 aliphatic heterocycles. The number of ether oxygens (including phenoxy) is 1. The third-order valence-corrected chi connectivity index (χ3v) is 2.63. The van der Waals surface area contributed by atoms with Crippen molar-refractivity contribution < 1.29 is 19.4 Å². The molecule has 8 heteroatoms. The molecule has 108 valence electrons. The third-order valence-electron chi connectivity index (χ3n) is 2.63. The number of hydrogen-bond donors (Lipinski definition) is 2. The Kier molecular flexibility index (Phi) is 11.3. The zero-order valence-electron chi connectivity index (χ0n) is 10.8. The van der Waals surface area contributed by atoms with Crippen LogP contribution < -0.4 is 4.74 Å². The first-order valence-electron chi connectivity index (χ1n) is 6.47. The maximum atomic E-state index is 11.4. The van der Waals surface area contributed by atoms with E-state index in [1.807, 2.05) is 0 Å². The first-order chi connectivity index (χ1) is 9.18. The van der Waals surface area contributed by atoms with E-state index in [-0.39, 0.29) is 47.8 Å². The number of hydrogen-bond acceptors (Lipinski definition) is 5. The summed E-state index contributed by atoms with van der Waals surface area (Å²) >= 11 is 0. The van der Waals surface area contributed by atoms with Gasteiger partial charge in [-0.15, -0.1) is 0 Å². The van der Waals surface area contributed by atoms with Gasteiger partial charge in [0, 0.05) is 12.8 Å². The van der Waals surface area contributed by atoms with Gasteiger partial charge in [0.25, 0.3) is 5.88 Å². The van der Waals surface area contributed by atoms with E-state index in [2.05, 4.69) is 15.4 Å². The summed E-state index contributed by atoms with van der Waals surface area (Å²) in [6, 6.07) is 0. The number of H-pyrrole nitrogens is 1. The first-order valence-corrected chi connectivity index (χ1v) is 6.47. The van der Waals surface area contributed by atoms with Gasteiger partial charge in [-0.05, 0) is 12.8 Å². The topological polar surface area (TPSA) is 105 Å². The Labute approximate surface area is 139 Å². The summed E-state index contributed by atoms with van der Waals surface area (Å²) in [5.41, 5.74) is 0. The van der Waals surface area contributed by atoms with Crippen molar-refractivity contribution in [2.24, 2.45) is 0 Å². The normalized spacial score (nSPS) is 9.80. The van der Waals surface area contributed by atoms with Crippen LogP contribution in [-0.4, -0.2) is 62.0 Å². The number of carboxylic acid groups (broad SMARTS) is 1. The molecule has 0 spiro atoms. The number of aromatic amines is 1. The first kappa shape index (κ1) is 19.1. The van der Waals surface area contributed by atoms with Crippen molar-refractivity contribution in [2.45, 2.75) is 51.4 Å². The van der Waals surface area contributed by atoms with Gasteiger partial charge in [-0.3, -0.25) is 14.7 Å². The van der Waals surface area contributed by atoms with Crippen molar-refractivity contribution in [1.29, 1.82) is 0 Å². The van der Waals surface area contributed by atoms with Crippen molar-refractivity contribution in [3.8, 4) is 5.88 Å². The Balaban J connectivity index is 0.00000361. The zero-order valence-corrected chi connectivity index (χ0v) is 10.8. The Hall–Kier alpha value is -0.920. The minimum absolute atomic E-state index is 0. The number of carbonyl (C=O) groups excluding carboxylic acids is 1. The van der Waals surface area contributed by atoms with Crippen LogP contribution in [0.25, 0.3) is 0 Å². The molecule has 0 unspecified atom stereocenters. The van der Waals surface area contributed by atoms with Crippen LogP contribution in [0.3, 0.4) is 0 Å². The van der Waals surface area contributed by atoms with Crippen molar-refractivity contribution >= 4 is 41.5 Å². The second kappa shape index (κ2) is 11.9. The molecule has 0 bridgehead atoms. The molecule has 20 heavy (non-hydrogen) atoms. The molecule has 1 aromatic rings. The number of carbonyl (C=O) groups is 2. The second-order valence-electron chi connectivity index (χ2n) is 4.30. The number of nitrogens with zero attached hydrogens (tertiary/aromatic N) is 2. The van der Waals surface area contributed by atoms with Gasteiger partial charge >= 0.3 is 41.5 Å². The van der Waals surface area contributed by atoms with Crippen LogP contribution in [0.4, 0.5) is 0 Å². The maximum absolute atomic E-state index is 11.4. The summed E-state index contributed by atoms with van der Waals surface area (Å²) < 4.78 is 4.92. The number of unbranched alkanes of at least 4 members (excludes halogenated alkanes) is 5. The predicted octanol–water partition coefficient (Wildman–Crippen LogP) is 1.27. The number of nitrogens with one attached hydrogen (secondary N) is 1. The van der Waals surface area contributed by atoms with Gasteiger partial charge in [0.15, 0.2) is 0 Å². The molecule has 0 saturated heterocycles. The van der Waals surface area contributed by atoms with Crippen LogP contribution in [-0.2, 0) is 9.59 Å². The number of esters is 1. The fourth-order valence-electron chi connectivity index (χ4n) is 1.66. The van der Waals surface area contributed by atoms with Crippen LogP contribution in [0.15, 0.2) is 6.20 Å². The van der Waals surface area contributed by atoms with Crippen molar-refractivity contribution in [2.75, 3.05) is 0 Å². The average molecular weight is 293 g/mol. The molecule has 0 radical (unpaired) electrons. The number of aliphatic carboxylic acids is 1. The molecule has 0 saturated carbocycles. The van der Waals surface area contributed by atoms with Gasteiger partial charge in [0.05, 0.1) is 6.20 Å².